The molecule has 0 aliphatic heterocycles. The normalized spacial score (nSPS) is 26.9. The molecule has 1 fully saturated rings. The van der Waals surface area contributed by atoms with Gasteiger partial charge in [0.25, 0.3) is 0 Å². The van der Waals surface area contributed by atoms with Crippen LogP contribution in [0.2, 0.25) is 5.02 Å². The second kappa shape index (κ2) is 6.48. The second-order valence-electron chi connectivity index (χ2n) is 6.13. The number of hydrogen-bond donors (Lipinski definition) is 1. The summed E-state index contributed by atoms with van der Waals surface area (Å²) in [5, 5.41) is 16.2. The summed E-state index contributed by atoms with van der Waals surface area (Å²) in [4.78, 5) is 0. The highest BCUT2D eigenvalue weighted by atomic mass is 35.5. The third-order valence-electron chi connectivity index (χ3n) is 4.80. The molecule has 0 spiro atoms. The molecule has 0 saturated heterocycles. The second-order valence-corrected chi connectivity index (χ2v) is 6.51. The predicted octanol–water partition coefficient (Wildman–Crippen LogP) is 3.99. The Kier molecular flexibility index (Phi) is 5.14. The maximum Gasteiger partial charge on any atom is 0.0850 e. The summed E-state index contributed by atoms with van der Waals surface area (Å²) >= 11 is 6.45. The minimum absolute atomic E-state index is 0.590. The van der Waals surface area contributed by atoms with Gasteiger partial charge in [0.15, 0.2) is 0 Å². The van der Waals surface area contributed by atoms with Gasteiger partial charge in [0.1, 0.15) is 0 Å². The fraction of sp³-hybridized carbons (Fsp3) is 0.812. The first-order valence-corrected chi connectivity index (χ1v) is 8.37. The van der Waals surface area contributed by atoms with E-state index in [4.69, 9.17) is 11.6 Å². The van der Waals surface area contributed by atoms with Crippen molar-refractivity contribution in [3.05, 3.63) is 16.4 Å². The number of aliphatic hydroxyl groups is 1. The summed E-state index contributed by atoms with van der Waals surface area (Å²) in [5.74, 6) is 0.785. The Morgan fingerprint density at radius 3 is 2.45 bits per heavy atom. The van der Waals surface area contributed by atoms with Crippen LogP contribution in [0, 0.1) is 5.92 Å². The van der Waals surface area contributed by atoms with Gasteiger partial charge in [-0.1, -0.05) is 31.9 Å². The molecule has 2 rings (SSSR count). The Balaban J connectivity index is 2.15. The van der Waals surface area contributed by atoms with Crippen LogP contribution < -0.4 is 0 Å². The zero-order valence-corrected chi connectivity index (χ0v) is 13.7. The fourth-order valence-electron chi connectivity index (χ4n) is 3.30. The van der Waals surface area contributed by atoms with Gasteiger partial charge >= 0.3 is 0 Å². The predicted molar refractivity (Wildman–Crippen MR) is 83.2 cm³/mol. The zero-order valence-electron chi connectivity index (χ0n) is 13.0. The van der Waals surface area contributed by atoms with Crippen LogP contribution in [0.5, 0.6) is 0 Å². The van der Waals surface area contributed by atoms with Crippen LogP contribution in [0.25, 0.3) is 0 Å². The van der Waals surface area contributed by atoms with Crippen molar-refractivity contribution in [1.82, 2.24) is 9.78 Å². The van der Waals surface area contributed by atoms with Gasteiger partial charge in [-0.2, -0.15) is 5.10 Å². The summed E-state index contributed by atoms with van der Waals surface area (Å²) < 4.78 is 1.96. The number of halogens is 1. The van der Waals surface area contributed by atoms with Crippen molar-refractivity contribution in [2.75, 3.05) is 0 Å². The molecule has 1 aliphatic carbocycles. The van der Waals surface area contributed by atoms with Crippen molar-refractivity contribution < 1.29 is 5.11 Å². The van der Waals surface area contributed by atoms with Crippen molar-refractivity contribution in [3.8, 4) is 0 Å². The van der Waals surface area contributed by atoms with Crippen molar-refractivity contribution in [3.63, 3.8) is 0 Å². The van der Waals surface area contributed by atoms with Gasteiger partial charge in [0.2, 0.25) is 0 Å². The van der Waals surface area contributed by atoms with Crippen molar-refractivity contribution in [2.24, 2.45) is 5.92 Å². The standard InChI is InChI=1S/C16H27ClN2O/c1-4-12-7-9-16(20,10-8-12)11-14-15(17)13(5-2)18-19(14)6-3/h12,20H,4-11H2,1-3H3. The quantitative estimate of drug-likeness (QED) is 0.892. The minimum Gasteiger partial charge on any atom is -0.389 e. The molecule has 0 bridgehead atoms. The van der Waals surface area contributed by atoms with E-state index in [2.05, 4.69) is 25.9 Å². The summed E-state index contributed by atoms with van der Waals surface area (Å²) in [6, 6.07) is 0. The molecular weight excluding hydrogens is 272 g/mol. The van der Waals surface area contributed by atoms with E-state index in [0.717, 1.165) is 61.0 Å². The van der Waals surface area contributed by atoms with Crippen LogP contribution in [0.15, 0.2) is 0 Å². The van der Waals surface area contributed by atoms with E-state index in [9.17, 15) is 5.11 Å². The molecule has 0 aromatic carbocycles. The molecule has 0 unspecified atom stereocenters. The Bertz CT molecular complexity index is 448. The summed E-state index contributed by atoms with van der Waals surface area (Å²) in [7, 11) is 0. The van der Waals surface area contributed by atoms with Gasteiger partial charge in [0, 0.05) is 13.0 Å². The van der Waals surface area contributed by atoms with E-state index in [-0.39, 0.29) is 0 Å². The zero-order chi connectivity index (χ0) is 14.8. The molecule has 1 saturated carbocycles. The highest BCUT2D eigenvalue weighted by molar-refractivity contribution is 6.31. The highest BCUT2D eigenvalue weighted by Crippen LogP contribution is 2.37. The van der Waals surface area contributed by atoms with Gasteiger partial charge in [-0.05, 0) is 44.9 Å². The third kappa shape index (κ3) is 3.20. The van der Waals surface area contributed by atoms with Gasteiger partial charge < -0.3 is 5.11 Å². The van der Waals surface area contributed by atoms with Crippen LogP contribution in [0.4, 0.5) is 0 Å². The van der Waals surface area contributed by atoms with Gasteiger partial charge in [-0.3, -0.25) is 4.68 Å². The number of nitrogens with zero attached hydrogens (tertiary/aromatic N) is 2. The molecule has 0 radical (unpaired) electrons. The first kappa shape index (κ1) is 15.8. The number of rotatable bonds is 5. The minimum atomic E-state index is -0.590. The molecule has 1 aromatic heterocycles. The first-order chi connectivity index (χ1) is 9.53. The third-order valence-corrected chi connectivity index (χ3v) is 5.24. The van der Waals surface area contributed by atoms with Crippen molar-refractivity contribution in [2.45, 2.75) is 77.9 Å². The lowest BCUT2D eigenvalue weighted by molar-refractivity contribution is -0.0107. The first-order valence-electron chi connectivity index (χ1n) is 7.99. The van der Waals surface area contributed by atoms with Crippen LogP contribution >= 0.6 is 11.6 Å². The van der Waals surface area contributed by atoms with E-state index in [0.29, 0.717) is 6.42 Å². The Labute approximate surface area is 127 Å². The number of aromatic nitrogens is 2. The topological polar surface area (TPSA) is 38.0 Å². The van der Waals surface area contributed by atoms with E-state index >= 15 is 0 Å². The number of hydrogen-bond acceptors (Lipinski definition) is 2. The van der Waals surface area contributed by atoms with Gasteiger partial charge in [-0.25, -0.2) is 0 Å². The summed E-state index contributed by atoms with van der Waals surface area (Å²) in [6.07, 6.45) is 6.75. The van der Waals surface area contributed by atoms with Crippen LogP contribution in [0.3, 0.4) is 0 Å². The van der Waals surface area contributed by atoms with Crippen LogP contribution in [0.1, 0.15) is 64.3 Å². The lowest BCUT2D eigenvalue weighted by Crippen LogP contribution is -2.37. The SMILES string of the molecule is CCc1nn(CC)c(CC2(O)CCC(CC)CC2)c1Cl. The lowest BCUT2D eigenvalue weighted by Gasteiger charge is -2.36. The fourth-order valence-corrected chi connectivity index (χ4v) is 3.63. The number of aryl methyl sites for hydroxylation is 2. The molecular formula is C16H27ClN2O. The molecule has 0 atom stereocenters. The molecule has 1 N–H and O–H groups in total. The van der Waals surface area contributed by atoms with E-state index in [1.165, 1.54) is 6.42 Å². The maximum absolute atomic E-state index is 10.9. The van der Waals surface area contributed by atoms with Gasteiger partial charge in [-0.15, -0.1) is 0 Å². The average molecular weight is 299 g/mol. The Morgan fingerprint density at radius 1 is 1.30 bits per heavy atom. The Morgan fingerprint density at radius 2 is 1.95 bits per heavy atom. The molecule has 20 heavy (non-hydrogen) atoms. The molecule has 1 heterocycles. The molecule has 3 nitrogen and oxygen atoms in total. The van der Waals surface area contributed by atoms with Crippen LogP contribution in [-0.2, 0) is 19.4 Å². The summed E-state index contributed by atoms with van der Waals surface area (Å²) in [5.41, 5.74) is 1.38. The average Bonchev–Trinajstić information content (AvgIpc) is 2.76. The lowest BCUT2D eigenvalue weighted by atomic mass is 9.76. The van der Waals surface area contributed by atoms with Gasteiger partial charge in [0.05, 0.1) is 22.0 Å². The largest absolute Gasteiger partial charge is 0.389 e. The maximum atomic E-state index is 10.9. The van der Waals surface area contributed by atoms with E-state index in [1.54, 1.807) is 0 Å². The highest BCUT2D eigenvalue weighted by Gasteiger charge is 2.34. The molecule has 1 aromatic rings. The van der Waals surface area contributed by atoms with Crippen molar-refractivity contribution in [1.29, 1.82) is 0 Å². The molecule has 0 amide bonds. The smallest absolute Gasteiger partial charge is 0.0850 e. The molecule has 1 aliphatic rings. The van der Waals surface area contributed by atoms with Crippen molar-refractivity contribution >= 4 is 11.6 Å². The monoisotopic (exact) mass is 298 g/mol. The summed E-state index contributed by atoms with van der Waals surface area (Å²) in [6.45, 7) is 7.19. The molecule has 114 valence electrons. The van der Waals surface area contributed by atoms with E-state index in [1.807, 2.05) is 4.68 Å². The molecule has 4 heteroatoms. The Hall–Kier alpha value is -0.540. The van der Waals surface area contributed by atoms with Crippen LogP contribution in [-0.4, -0.2) is 20.5 Å². The van der Waals surface area contributed by atoms with E-state index < -0.39 is 5.60 Å².